The largest absolute Gasteiger partial charge is 0.480 e. The number of carboxylic acid groups (broad SMARTS) is 1. The molecule has 0 heterocycles. The van der Waals surface area contributed by atoms with E-state index < -0.39 is 36.0 Å². The van der Waals surface area contributed by atoms with E-state index in [1.54, 1.807) is 0 Å². The Hall–Kier alpha value is -1.63. The van der Waals surface area contributed by atoms with Crippen molar-refractivity contribution >= 4 is 17.8 Å². The van der Waals surface area contributed by atoms with Crippen LogP contribution in [0.15, 0.2) is 0 Å². The number of rotatable bonds is 5. The second-order valence-electron chi connectivity index (χ2n) is 3.81. The topological polar surface area (TPSA) is 116 Å². The molecule has 1 fully saturated rings. The lowest BCUT2D eigenvalue weighted by Crippen LogP contribution is -2.53. The third kappa shape index (κ3) is 2.69. The lowest BCUT2D eigenvalue weighted by molar-refractivity contribution is -0.143. The average Bonchev–Trinajstić information content (AvgIpc) is 2.94. The number of aliphatic carboxylic acids is 1. The van der Waals surface area contributed by atoms with Gasteiger partial charge in [0.15, 0.2) is 0 Å². The van der Waals surface area contributed by atoms with Crippen LogP contribution < -0.4 is 10.6 Å². The van der Waals surface area contributed by atoms with Gasteiger partial charge in [-0.1, -0.05) is 0 Å². The normalized spacial score (nSPS) is 18.4. The Morgan fingerprint density at radius 2 is 1.94 bits per heavy atom. The first-order valence-electron chi connectivity index (χ1n) is 4.84. The van der Waals surface area contributed by atoms with Gasteiger partial charge < -0.3 is 20.8 Å². The summed E-state index contributed by atoms with van der Waals surface area (Å²) in [6.07, 6.45) is 0.735. The molecule has 1 aliphatic rings. The van der Waals surface area contributed by atoms with Crippen LogP contribution in [0.25, 0.3) is 0 Å². The van der Waals surface area contributed by atoms with E-state index in [0.717, 1.165) is 0 Å². The van der Waals surface area contributed by atoms with Gasteiger partial charge in [0.2, 0.25) is 11.8 Å². The van der Waals surface area contributed by atoms with Crippen LogP contribution >= 0.6 is 0 Å². The van der Waals surface area contributed by atoms with Gasteiger partial charge in [0.05, 0.1) is 6.61 Å². The first-order chi connectivity index (χ1) is 7.41. The number of carbonyl (C=O) groups is 3. The highest BCUT2D eigenvalue weighted by Crippen LogP contribution is 2.35. The fourth-order valence-corrected chi connectivity index (χ4v) is 1.28. The molecule has 0 saturated heterocycles. The van der Waals surface area contributed by atoms with Crippen molar-refractivity contribution in [3.8, 4) is 0 Å². The Morgan fingerprint density at radius 3 is 2.25 bits per heavy atom. The molecule has 1 saturated carbocycles. The number of carbonyl (C=O) groups excluding carboxylic acids is 2. The second kappa shape index (κ2) is 4.48. The van der Waals surface area contributed by atoms with E-state index in [0.29, 0.717) is 12.8 Å². The summed E-state index contributed by atoms with van der Waals surface area (Å²) in [5.74, 6) is -2.24. The summed E-state index contributed by atoms with van der Waals surface area (Å²) in [4.78, 5) is 33.0. The third-order valence-corrected chi connectivity index (χ3v) is 2.40. The summed E-state index contributed by atoms with van der Waals surface area (Å²) in [5, 5.41) is 22.2. The molecule has 7 heteroatoms. The summed E-state index contributed by atoms with van der Waals surface area (Å²) in [6, 6.07) is -1.10. The van der Waals surface area contributed by atoms with Crippen molar-refractivity contribution in [2.24, 2.45) is 0 Å². The number of carboxylic acids is 1. The summed E-state index contributed by atoms with van der Waals surface area (Å²) < 4.78 is 0. The molecule has 0 radical (unpaired) electrons. The van der Waals surface area contributed by atoms with Gasteiger partial charge in [-0.2, -0.15) is 0 Å². The van der Waals surface area contributed by atoms with Crippen LogP contribution in [-0.2, 0) is 14.4 Å². The predicted molar refractivity (Wildman–Crippen MR) is 52.4 cm³/mol. The quantitative estimate of drug-likeness (QED) is 0.445. The Kier molecular flexibility index (Phi) is 3.48. The highest BCUT2D eigenvalue weighted by Gasteiger charge is 2.52. The van der Waals surface area contributed by atoms with E-state index in [-0.39, 0.29) is 0 Å². The molecular formula is C9H14N2O5. The monoisotopic (exact) mass is 230 g/mol. The predicted octanol–water partition coefficient (Wildman–Crippen LogP) is -1.78. The summed E-state index contributed by atoms with van der Waals surface area (Å²) >= 11 is 0. The van der Waals surface area contributed by atoms with Crippen molar-refractivity contribution in [3.63, 3.8) is 0 Å². The highest BCUT2D eigenvalue weighted by atomic mass is 16.4. The number of aliphatic hydroxyl groups excluding tert-OH is 1. The van der Waals surface area contributed by atoms with E-state index in [9.17, 15) is 14.4 Å². The zero-order valence-corrected chi connectivity index (χ0v) is 8.82. The number of hydrogen-bond donors (Lipinski definition) is 4. The number of nitrogens with one attached hydrogen (secondary N) is 2. The first kappa shape index (κ1) is 12.4. The molecule has 0 aromatic rings. The molecule has 0 bridgehead atoms. The van der Waals surface area contributed by atoms with Crippen molar-refractivity contribution < 1.29 is 24.6 Å². The Morgan fingerprint density at radius 1 is 1.38 bits per heavy atom. The van der Waals surface area contributed by atoms with Crippen molar-refractivity contribution in [3.05, 3.63) is 0 Å². The van der Waals surface area contributed by atoms with Crippen molar-refractivity contribution in [1.29, 1.82) is 0 Å². The van der Waals surface area contributed by atoms with Crippen LogP contribution in [0.5, 0.6) is 0 Å². The standard InChI is InChI=1S/C9H14N2O5/c1-5(13)10-6(4-12)7(14)11-9(2-3-9)8(15)16/h6,12H,2-4H2,1H3,(H,10,13)(H,11,14)(H,15,16). The molecule has 1 rings (SSSR count). The minimum absolute atomic E-state index is 0.367. The molecule has 7 nitrogen and oxygen atoms in total. The van der Waals surface area contributed by atoms with Gasteiger partial charge in [0, 0.05) is 6.92 Å². The highest BCUT2D eigenvalue weighted by molar-refractivity contribution is 5.93. The maximum Gasteiger partial charge on any atom is 0.329 e. The molecule has 4 N–H and O–H groups in total. The lowest BCUT2D eigenvalue weighted by Gasteiger charge is -2.18. The summed E-state index contributed by atoms with van der Waals surface area (Å²) in [6.45, 7) is 0.640. The summed E-state index contributed by atoms with van der Waals surface area (Å²) in [5.41, 5.74) is -1.21. The van der Waals surface area contributed by atoms with Crippen LogP contribution in [0.4, 0.5) is 0 Å². The number of hydrogen-bond acceptors (Lipinski definition) is 4. The average molecular weight is 230 g/mol. The maximum atomic E-state index is 11.5. The maximum absolute atomic E-state index is 11.5. The van der Waals surface area contributed by atoms with Gasteiger partial charge in [-0.3, -0.25) is 9.59 Å². The van der Waals surface area contributed by atoms with E-state index in [1.807, 2.05) is 0 Å². The van der Waals surface area contributed by atoms with Gasteiger partial charge in [0.1, 0.15) is 11.6 Å². The van der Waals surface area contributed by atoms with E-state index in [1.165, 1.54) is 6.92 Å². The molecule has 2 amide bonds. The fraction of sp³-hybridized carbons (Fsp3) is 0.667. The minimum Gasteiger partial charge on any atom is -0.480 e. The van der Waals surface area contributed by atoms with Gasteiger partial charge >= 0.3 is 5.97 Å². The molecule has 0 spiro atoms. The SMILES string of the molecule is CC(=O)NC(CO)C(=O)NC1(C(=O)O)CC1. The first-order valence-corrected chi connectivity index (χ1v) is 4.84. The van der Waals surface area contributed by atoms with Crippen LogP contribution in [0.2, 0.25) is 0 Å². The molecule has 0 aliphatic heterocycles. The third-order valence-electron chi connectivity index (χ3n) is 2.40. The lowest BCUT2D eigenvalue weighted by atomic mass is 10.2. The van der Waals surface area contributed by atoms with Gasteiger partial charge in [0.25, 0.3) is 0 Å². The molecule has 16 heavy (non-hydrogen) atoms. The number of aliphatic hydroxyl groups is 1. The zero-order valence-electron chi connectivity index (χ0n) is 8.82. The number of amides is 2. The van der Waals surface area contributed by atoms with Crippen molar-refractivity contribution in [2.75, 3.05) is 6.61 Å². The van der Waals surface area contributed by atoms with Crippen molar-refractivity contribution in [2.45, 2.75) is 31.3 Å². The molecule has 1 aliphatic carbocycles. The van der Waals surface area contributed by atoms with Crippen LogP contribution in [0.3, 0.4) is 0 Å². The second-order valence-corrected chi connectivity index (χ2v) is 3.81. The minimum atomic E-state index is -1.21. The van der Waals surface area contributed by atoms with Gasteiger partial charge in [-0.25, -0.2) is 4.79 Å². The van der Waals surface area contributed by atoms with Crippen molar-refractivity contribution in [1.82, 2.24) is 10.6 Å². The van der Waals surface area contributed by atoms with Crippen LogP contribution in [-0.4, -0.2) is 46.2 Å². The van der Waals surface area contributed by atoms with Crippen LogP contribution in [0, 0.1) is 0 Å². The summed E-state index contributed by atoms with van der Waals surface area (Å²) in [7, 11) is 0. The molecule has 1 unspecified atom stereocenters. The Balaban J connectivity index is 2.56. The smallest absolute Gasteiger partial charge is 0.329 e. The Labute approximate surface area is 91.8 Å². The molecule has 0 aromatic carbocycles. The van der Waals surface area contributed by atoms with E-state index in [4.69, 9.17) is 10.2 Å². The molecule has 90 valence electrons. The van der Waals surface area contributed by atoms with E-state index >= 15 is 0 Å². The van der Waals surface area contributed by atoms with Crippen LogP contribution in [0.1, 0.15) is 19.8 Å². The van der Waals surface area contributed by atoms with E-state index in [2.05, 4.69) is 10.6 Å². The fourth-order valence-electron chi connectivity index (χ4n) is 1.28. The zero-order chi connectivity index (χ0) is 12.3. The molecule has 1 atom stereocenters. The Bertz CT molecular complexity index is 324. The van der Waals surface area contributed by atoms with Gasteiger partial charge in [-0.15, -0.1) is 0 Å². The molecular weight excluding hydrogens is 216 g/mol. The molecule has 0 aromatic heterocycles. The van der Waals surface area contributed by atoms with Gasteiger partial charge in [-0.05, 0) is 12.8 Å².